The number of nitrogen functional groups attached to an aromatic ring is 1. The van der Waals surface area contributed by atoms with Gasteiger partial charge in [-0.05, 0) is 44.7 Å². The molecule has 0 radical (unpaired) electrons. The van der Waals surface area contributed by atoms with Crippen LogP contribution in [0.15, 0.2) is 36.7 Å². The predicted octanol–water partition coefficient (Wildman–Crippen LogP) is 2.90. The van der Waals surface area contributed by atoms with Crippen LogP contribution in [0.2, 0.25) is 0 Å². The summed E-state index contributed by atoms with van der Waals surface area (Å²) in [5, 5.41) is 16.1. The molecule has 0 aliphatic carbocycles. The Balaban J connectivity index is 1.71. The van der Waals surface area contributed by atoms with E-state index in [-0.39, 0.29) is 6.04 Å². The van der Waals surface area contributed by atoms with Crippen molar-refractivity contribution in [1.29, 1.82) is 0 Å². The van der Waals surface area contributed by atoms with Crippen molar-refractivity contribution in [3.8, 4) is 11.8 Å². The maximum Gasteiger partial charge on any atom is 0.165 e. The summed E-state index contributed by atoms with van der Waals surface area (Å²) >= 11 is 0. The van der Waals surface area contributed by atoms with Gasteiger partial charge in [-0.2, -0.15) is 5.10 Å². The fourth-order valence-corrected chi connectivity index (χ4v) is 4.27. The van der Waals surface area contributed by atoms with E-state index in [9.17, 15) is 5.11 Å². The molecule has 2 atom stereocenters. The highest BCUT2D eigenvalue weighted by Crippen LogP contribution is 2.34. The van der Waals surface area contributed by atoms with E-state index in [4.69, 9.17) is 15.8 Å². The molecule has 1 aromatic carbocycles. The van der Waals surface area contributed by atoms with Crippen molar-refractivity contribution >= 4 is 33.6 Å². The Kier molecular flexibility index (Phi) is 5.11. The van der Waals surface area contributed by atoms with E-state index in [1.54, 1.807) is 6.92 Å². The number of aliphatic hydroxyl groups excluding tert-OH is 1. The molecule has 1 fully saturated rings. The first-order valence-corrected chi connectivity index (χ1v) is 10.9. The highest BCUT2D eigenvalue weighted by molar-refractivity contribution is 5.90. The molecule has 1 aliphatic rings. The molecule has 0 spiro atoms. The van der Waals surface area contributed by atoms with Crippen LogP contribution in [-0.2, 0) is 0 Å². The van der Waals surface area contributed by atoms with Gasteiger partial charge in [-0.1, -0.05) is 24.1 Å². The van der Waals surface area contributed by atoms with Crippen molar-refractivity contribution in [2.75, 3.05) is 23.7 Å². The molecule has 1 saturated heterocycles. The SMILES string of the molecule is CC(c1cc2ccccc2nc1N1CCCC1)n1nc(C#C[C@@H](C)O)c2c(N)ncnc21. The van der Waals surface area contributed by atoms with E-state index in [0.717, 1.165) is 48.2 Å². The number of aliphatic hydroxyl groups is 1. The molecular weight excluding hydrogens is 402 g/mol. The van der Waals surface area contributed by atoms with Crippen molar-refractivity contribution in [3.05, 3.63) is 47.9 Å². The number of aromatic nitrogens is 5. The third-order valence-electron chi connectivity index (χ3n) is 5.87. The first-order chi connectivity index (χ1) is 15.5. The van der Waals surface area contributed by atoms with Crippen LogP contribution in [0.5, 0.6) is 0 Å². The van der Waals surface area contributed by atoms with Gasteiger partial charge in [-0.25, -0.2) is 19.6 Å². The van der Waals surface area contributed by atoms with E-state index in [1.807, 2.05) is 22.9 Å². The molecule has 1 aliphatic heterocycles. The first kappa shape index (κ1) is 20.2. The quantitative estimate of drug-likeness (QED) is 0.484. The van der Waals surface area contributed by atoms with E-state index in [2.05, 4.69) is 45.8 Å². The lowest BCUT2D eigenvalue weighted by Gasteiger charge is -2.24. The molecule has 0 saturated carbocycles. The van der Waals surface area contributed by atoms with E-state index < -0.39 is 6.10 Å². The zero-order valence-corrected chi connectivity index (χ0v) is 18.2. The number of rotatable bonds is 3. The molecule has 32 heavy (non-hydrogen) atoms. The summed E-state index contributed by atoms with van der Waals surface area (Å²) < 4.78 is 1.84. The highest BCUT2D eigenvalue weighted by atomic mass is 16.3. The van der Waals surface area contributed by atoms with Crippen LogP contribution >= 0.6 is 0 Å². The molecule has 1 unspecified atom stereocenters. The Hall–Kier alpha value is -3.70. The Morgan fingerprint density at radius 3 is 2.69 bits per heavy atom. The van der Waals surface area contributed by atoms with Crippen molar-refractivity contribution in [2.45, 2.75) is 38.8 Å². The van der Waals surface area contributed by atoms with Crippen LogP contribution in [0.3, 0.4) is 0 Å². The summed E-state index contributed by atoms with van der Waals surface area (Å²) in [4.78, 5) is 16.0. The van der Waals surface area contributed by atoms with Gasteiger partial charge in [0.1, 0.15) is 29.8 Å². The Morgan fingerprint density at radius 1 is 1.12 bits per heavy atom. The molecule has 8 heteroatoms. The van der Waals surface area contributed by atoms with Crippen molar-refractivity contribution in [1.82, 2.24) is 24.7 Å². The summed E-state index contributed by atoms with van der Waals surface area (Å²) in [5.74, 6) is 6.99. The largest absolute Gasteiger partial charge is 0.383 e. The van der Waals surface area contributed by atoms with Gasteiger partial charge in [-0.15, -0.1) is 0 Å². The number of benzene rings is 1. The minimum atomic E-state index is -0.773. The van der Waals surface area contributed by atoms with Crippen molar-refractivity contribution < 1.29 is 5.11 Å². The lowest BCUT2D eigenvalue weighted by atomic mass is 10.1. The Labute approximate surface area is 186 Å². The molecule has 0 amide bonds. The second kappa shape index (κ2) is 8.09. The van der Waals surface area contributed by atoms with E-state index in [0.29, 0.717) is 22.5 Å². The Bertz CT molecular complexity index is 1360. The van der Waals surface area contributed by atoms with Crippen molar-refractivity contribution in [2.24, 2.45) is 0 Å². The molecule has 0 bridgehead atoms. The number of hydrogen-bond acceptors (Lipinski definition) is 7. The van der Waals surface area contributed by atoms with E-state index >= 15 is 0 Å². The number of nitrogens with two attached hydrogens (primary N) is 1. The van der Waals surface area contributed by atoms with Gasteiger partial charge in [-0.3, -0.25) is 0 Å². The van der Waals surface area contributed by atoms with Gasteiger partial charge in [0.25, 0.3) is 0 Å². The van der Waals surface area contributed by atoms with Gasteiger partial charge >= 0.3 is 0 Å². The monoisotopic (exact) mass is 427 g/mol. The molecule has 4 heterocycles. The van der Waals surface area contributed by atoms with Crippen molar-refractivity contribution in [3.63, 3.8) is 0 Å². The standard InChI is InChI=1S/C24H25N7O/c1-15(32)9-10-20-21-22(25)26-14-27-24(21)31(29-20)16(2)18-13-17-7-3-4-8-19(17)28-23(18)30-11-5-6-12-30/h3-4,7-8,13-16,32H,5-6,11-12H2,1-2H3,(H2,25,26,27)/t15-,16?/m1/s1. The summed E-state index contributed by atoms with van der Waals surface area (Å²) in [6.45, 7) is 5.68. The average Bonchev–Trinajstić information content (AvgIpc) is 3.45. The second-order valence-corrected chi connectivity index (χ2v) is 8.16. The number of anilines is 2. The normalized spacial score (nSPS) is 15.7. The third kappa shape index (κ3) is 3.51. The fourth-order valence-electron chi connectivity index (χ4n) is 4.27. The molecular formula is C24H25N7O. The zero-order valence-electron chi connectivity index (χ0n) is 18.2. The molecule has 3 N–H and O–H groups in total. The number of pyridine rings is 1. The summed E-state index contributed by atoms with van der Waals surface area (Å²) in [5.41, 5.74) is 9.29. The lowest BCUT2D eigenvalue weighted by Crippen LogP contribution is -2.23. The number of hydrogen-bond donors (Lipinski definition) is 2. The summed E-state index contributed by atoms with van der Waals surface area (Å²) in [7, 11) is 0. The van der Waals surface area contributed by atoms with Gasteiger partial charge in [0, 0.05) is 24.0 Å². The molecule has 162 valence electrons. The van der Waals surface area contributed by atoms with Crippen LogP contribution in [0.1, 0.15) is 44.0 Å². The third-order valence-corrected chi connectivity index (χ3v) is 5.87. The molecule has 3 aromatic heterocycles. The number of para-hydroxylation sites is 1. The lowest BCUT2D eigenvalue weighted by molar-refractivity contribution is 0.253. The fraction of sp³-hybridized carbons (Fsp3) is 0.333. The van der Waals surface area contributed by atoms with Gasteiger partial charge in [0.2, 0.25) is 0 Å². The molecule has 4 aromatic rings. The van der Waals surface area contributed by atoms with Crippen LogP contribution in [-0.4, -0.2) is 49.0 Å². The Morgan fingerprint density at radius 2 is 1.91 bits per heavy atom. The van der Waals surface area contributed by atoms with Crippen LogP contribution in [0.25, 0.3) is 21.9 Å². The maximum atomic E-state index is 9.62. The van der Waals surface area contributed by atoms with Gasteiger partial charge in [0.15, 0.2) is 5.65 Å². The first-order valence-electron chi connectivity index (χ1n) is 10.9. The van der Waals surface area contributed by atoms with Gasteiger partial charge < -0.3 is 15.7 Å². The second-order valence-electron chi connectivity index (χ2n) is 8.16. The highest BCUT2D eigenvalue weighted by Gasteiger charge is 2.25. The smallest absolute Gasteiger partial charge is 0.165 e. The van der Waals surface area contributed by atoms with Crippen LogP contribution in [0, 0.1) is 11.8 Å². The number of fused-ring (bicyclic) bond motifs is 2. The zero-order chi connectivity index (χ0) is 22.2. The minimum absolute atomic E-state index is 0.165. The summed E-state index contributed by atoms with van der Waals surface area (Å²) in [6, 6.07) is 10.2. The van der Waals surface area contributed by atoms with Crippen LogP contribution in [0.4, 0.5) is 11.6 Å². The molecule has 8 nitrogen and oxygen atoms in total. The maximum absolute atomic E-state index is 9.62. The van der Waals surface area contributed by atoms with Gasteiger partial charge in [0.05, 0.1) is 16.9 Å². The topological polar surface area (TPSA) is 106 Å². The summed E-state index contributed by atoms with van der Waals surface area (Å²) in [6.07, 6.45) is 2.99. The average molecular weight is 428 g/mol. The van der Waals surface area contributed by atoms with Crippen LogP contribution < -0.4 is 10.6 Å². The van der Waals surface area contributed by atoms with E-state index in [1.165, 1.54) is 6.33 Å². The predicted molar refractivity (Wildman–Crippen MR) is 125 cm³/mol. The minimum Gasteiger partial charge on any atom is -0.383 e. The molecule has 5 rings (SSSR count). The number of nitrogens with zero attached hydrogens (tertiary/aromatic N) is 6.